The third-order valence-electron chi connectivity index (χ3n) is 3.40. The highest BCUT2D eigenvalue weighted by Crippen LogP contribution is 2.27. The molecule has 0 aliphatic heterocycles. The number of para-hydroxylation sites is 1. The molecule has 8 heteroatoms. The quantitative estimate of drug-likeness (QED) is 0.537. The van der Waals surface area contributed by atoms with Crippen LogP contribution in [0.15, 0.2) is 63.8 Å². The van der Waals surface area contributed by atoms with Gasteiger partial charge in [-0.05, 0) is 24.0 Å². The first kappa shape index (κ1) is 18.8. The first-order valence-corrected chi connectivity index (χ1v) is 10.9. The highest BCUT2D eigenvalue weighted by Gasteiger charge is 2.10. The molecule has 3 rings (SSSR count). The lowest BCUT2D eigenvalue weighted by atomic mass is 10.2. The molecule has 0 saturated heterocycles. The van der Waals surface area contributed by atoms with Crippen molar-refractivity contribution in [2.24, 2.45) is 0 Å². The third-order valence-corrected chi connectivity index (χ3v) is 6.21. The second-order valence-electron chi connectivity index (χ2n) is 5.25. The van der Waals surface area contributed by atoms with E-state index in [2.05, 4.69) is 33.0 Å². The van der Waals surface area contributed by atoms with Gasteiger partial charge in [0.1, 0.15) is 0 Å². The summed E-state index contributed by atoms with van der Waals surface area (Å²) in [7, 11) is 0. The molecule has 134 valence electrons. The van der Waals surface area contributed by atoms with E-state index in [1.807, 2.05) is 48.7 Å². The summed E-state index contributed by atoms with van der Waals surface area (Å²) in [6, 6.07) is 17.9. The minimum absolute atomic E-state index is 0.0505. The van der Waals surface area contributed by atoms with Crippen LogP contribution in [0.3, 0.4) is 0 Å². The number of nitrogens with zero attached hydrogens (tertiary/aromatic N) is 2. The van der Waals surface area contributed by atoms with Crippen molar-refractivity contribution >= 4 is 51.6 Å². The number of rotatable bonds is 8. The lowest BCUT2D eigenvalue weighted by Crippen LogP contribution is -2.14. The lowest BCUT2D eigenvalue weighted by molar-refractivity contribution is -0.113. The van der Waals surface area contributed by atoms with Gasteiger partial charge in [-0.25, -0.2) is 0 Å². The van der Waals surface area contributed by atoms with Crippen LogP contribution in [0.5, 0.6) is 0 Å². The van der Waals surface area contributed by atoms with Gasteiger partial charge in [0.25, 0.3) is 0 Å². The number of hydrogen-bond acceptors (Lipinski definition) is 7. The number of thioether (sulfide) groups is 2. The van der Waals surface area contributed by atoms with Crippen LogP contribution in [-0.4, -0.2) is 28.1 Å². The largest absolute Gasteiger partial charge is 0.356 e. The molecule has 1 amide bonds. The third kappa shape index (κ3) is 5.48. The van der Waals surface area contributed by atoms with Crippen LogP contribution in [0.2, 0.25) is 0 Å². The van der Waals surface area contributed by atoms with Crippen molar-refractivity contribution in [1.82, 2.24) is 10.2 Å². The summed E-state index contributed by atoms with van der Waals surface area (Å²) in [6.45, 7) is 0.700. The predicted octanol–water partition coefficient (Wildman–Crippen LogP) is 4.60. The van der Waals surface area contributed by atoms with Crippen LogP contribution >= 0.6 is 34.9 Å². The van der Waals surface area contributed by atoms with E-state index in [1.54, 1.807) is 11.8 Å². The molecule has 1 aromatic heterocycles. The standard InChI is InChI=1S/C18H18N4OS3/c1-24-15-10-6-5-9-14(15)20-16(23)12-25-18-22-21-17(26-18)19-11-13-7-3-2-4-8-13/h2-10H,11-12H2,1H3,(H,19,21)(H,20,23). The van der Waals surface area contributed by atoms with Gasteiger partial charge >= 0.3 is 0 Å². The van der Waals surface area contributed by atoms with Gasteiger partial charge in [0.05, 0.1) is 11.4 Å². The summed E-state index contributed by atoms with van der Waals surface area (Å²) in [5.41, 5.74) is 2.02. The zero-order valence-corrected chi connectivity index (χ0v) is 16.6. The number of hydrogen-bond donors (Lipinski definition) is 2. The molecule has 0 spiro atoms. The Balaban J connectivity index is 1.47. The fourth-order valence-electron chi connectivity index (χ4n) is 2.17. The highest BCUT2D eigenvalue weighted by atomic mass is 32.2. The maximum Gasteiger partial charge on any atom is 0.234 e. The van der Waals surface area contributed by atoms with Gasteiger partial charge in [0, 0.05) is 11.4 Å². The molecule has 0 aliphatic rings. The summed E-state index contributed by atoms with van der Waals surface area (Å²) in [4.78, 5) is 13.2. The van der Waals surface area contributed by atoms with E-state index in [0.29, 0.717) is 12.3 Å². The second kappa shape index (κ2) is 9.61. The van der Waals surface area contributed by atoms with Gasteiger partial charge in [-0.3, -0.25) is 4.79 Å². The van der Waals surface area contributed by atoms with E-state index >= 15 is 0 Å². The molecule has 0 unspecified atom stereocenters. The Morgan fingerprint density at radius 1 is 1.08 bits per heavy atom. The van der Waals surface area contributed by atoms with Gasteiger partial charge in [-0.2, -0.15) is 0 Å². The molecular formula is C18H18N4OS3. The van der Waals surface area contributed by atoms with E-state index in [0.717, 1.165) is 20.1 Å². The Morgan fingerprint density at radius 2 is 1.85 bits per heavy atom. The van der Waals surface area contributed by atoms with Gasteiger partial charge in [-0.1, -0.05) is 65.6 Å². The van der Waals surface area contributed by atoms with Crippen LogP contribution in [-0.2, 0) is 11.3 Å². The normalized spacial score (nSPS) is 10.5. The highest BCUT2D eigenvalue weighted by molar-refractivity contribution is 8.01. The zero-order valence-electron chi connectivity index (χ0n) is 14.1. The first-order chi connectivity index (χ1) is 12.7. The smallest absolute Gasteiger partial charge is 0.234 e. The van der Waals surface area contributed by atoms with Crippen LogP contribution in [0, 0.1) is 0 Å². The molecule has 26 heavy (non-hydrogen) atoms. The number of carbonyl (C=O) groups is 1. The van der Waals surface area contributed by atoms with E-state index < -0.39 is 0 Å². The van der Waals surface area contributed by atoms with E-state index in [-0.39, 0.29) is 5.91 Å². The fourth-order valence-corrected chi connectivity index (χ4v) is 4.28. The molecule has 0 aliphatic carbocycles. The zero-order chi connectivity index (χ0) is 18.2. The first-order valence-electron chi connectivity index (χ1n) is 7.91. The Hall–Kier alpha value is -2.03. The predicted molar refractivity (Wildman–Crippen MR) is 111 cm³/mol. The molecule has 0 atom stereocenters. The molecule has 1 heterocycles. The van der Waals surface area contributed by atoms with Gasteiger partial charge in [0.15, 0.2) is 4.34 Å². The topological polar surface area (TPSA) is 66.9 Å². The van der Waals surface area contributed by atoms with E-state index in [4.69, 9.17) is 0 Å². The maximum absolute atomic E-state index is 12.2. The molecule has 0 bridgehead atoms. The summed E-state index contributed by atoms with van der Waals surface area (Å²) in [6.07, 6.45) is 1.99. The van der Waals surface area contributed by atoms with Crippen LogP contribution < -0.4 is 10.6 Å². The Bertz CT molecular complexity index is 854. The monoisotopic (exact) mass is 402 g/mol. The molecule has 0 fully saturated rings. The minimum atomic E-state index is -0.0505. The van der Waals surface area contributed by atoms with E-state index in [9.17, 15) is 4.79 Å². The van der Waals surface area contributed by atoms with Crippen molar-refractivity contribution < 1.29 is 4.79 Å². The lowest BCUT2D eigenvalue weighted by Gasteiger charge is -2.08. The second-order valence-corrected chi connectivity index (χ2v) is 8.30. The summed E-state index contributed by atoms with van der Waals surface area (Å²) < 4.78 is 0.772. The summed E-state index contributed by atoms with van der Waals surface area (Å²) in [5, 5.41) is 15.2. The minimum Gasteiger partial charge on any atom is -0.356 e. The summed E-state index contributed by atoms with van der Waals surface area (Å²) >= 11 is 4.45. The van der Waals surface area contributed by atoms with Crippen molar-refractivity contribution in [2.45, 2.75) is 15.8 Å². The summed E-state index contributed by atoms with van der Waals surface area (Å²) in [5.74, 6) is 0.251. The van der Waals surface area contributed by atoms with Crippen molar-refractivity contribution in [3.63, 3.8) is 0 Å². The van der Waals surface area contributed by atoms with Crippen LogP contribution in [0.1, 0.15) is 5.56 Å². The molecule has 5 nitrogen and oxygen atoms in total. The number of nitrogens with one attached hydrogen (secondary N) is 2. The molecule has 0 radical (unpaired) electrons. The number of benzene rings is 2. The van der Waals surface area contributed by atoms with Gasteiger partial charge in [-0.15, -0.1) is 22.0 Å². The SMILES string of the molecule is CSc1ccccc1NC(=O)CSc1nnc(NCc2ccccc2)s1. The molecule has 0 saturated carbocycles. The van der Waals surface area contributed by atoms with Crippen molar-refractivity contribution in [3.8, 4) is 0 Å². The van der Waals surface area contributed by atoms with Crippen LogP contribution in [0.25, 0.3) is 0 Å². The van der Waals surface area contributed by atoms with Crippen LogP contribution in [0.4, 0.5) is 10.8 Å². The average Bonchev–Trinajstić information content (AvgIpc) is 3.14. The Labute approximate surface area is 165 Å². The van der Waals surface area contributed by atoms with Crippen molar-refractivity contribution in [3.05, 3.63) is 60.2 Å². The molecule has 3 aromatic rings. The van der Waals surface area contributed by atoms with E-state index in [1.165, 1.54) is 28.7 Å². The average molecular weight is 403 g/mol. The molecular weight excluding hydrogens is 384 g/mol. The molecule has 2 N–H and O–H groups in total. The molecule has 2 aromatic carbocycles. The van der Waals surface area contributed by atoms with Gasteiger partial charge in [0.2, 0.25) is 11.0 Å². The maximum atomic E-state index is 12.2. The van der Waals surface area contributed by atoms with Gasteiger partial charge < -0.3 is 10.6 Å². The fraction of sp³-hybridized carbons (Fsp3) is 0.167. The number of aromatic nitrogens is 2. The Kier molecular flexibility index (Phi) is 6.93. The van der Waals surface area contributed by atoms with Crippen molar-refractivity contribution in [2.75, 3.05) is 22.6 Å². The Morgan fingerprint density at radius 3 is 2.65 bits per heavy atom. The number of anilines is 2. The van der Waals surface area contributed by atoms with Crippen molar-refractivity contribution in [1.29, 1.82) is 0 Å². The number of amides is 1. The number of carbonyl (C=O) groups excluding carboxylic acids is 1.